The van der Waals surface area contributed by atoms with E-state index in [4.69, 9.17) is 16.4 Å². The van der Waals surface area contributed by atoms with Gasteiger partial charge in [0, 0.05) is 4.47 Å². The highest BCUT2D eigenvalue weighted by Crippen LogP contribution is 2.48. The maximum atomic E-state index is 9.44. The number of benzene rings is 18. The molecule has 18 aromatic rings. The van der Waals surface area contributed by atoms with Crippen molar-refractivity contribution in [2.45, 2.75) is 0 Å². The molecule has 0 heterocycles. The van der Waals surface area contributed by atoms with Crippen molar-refractivity contribution >= 4 is 115 Å². The monoisotopic (exact) mass is 1300 g/mol. The SMILES string of the molecule is OB(O)c1cc2ccccc2c2ccccc12.[2H]c1c([2H])c([2H])c2c(-c3cc4ccccc4c4ccccc34)c3c([2H])c([2H])c([2H])c([2H])c3c(-c3ccc(-c4ccc(-c5ccccc5)cc4)cc3)c2c1[2H].[2H]c1c([2H])c([2H])c2c(-c3ccc(-c4ccc(-c5ccccc5)cc4)cc3)c3c([2H])c([2H])c([2H])c([2H])c3c(Br)c2c1[2H]. The largest absolute Gasteiger partial charge is 0.489 e. The lowest BCUT2D eigenvalue weighted by Crippen LogP contribution is -2.30. The third kappa shape index (κ3) is 11.3. The van der Waals surface area contributed by atoms with Gasteiger partial charge in [-0.2, -0.15) is 0 Å². The van der Waals surface area contributed by atoms with E-state index in [2.05, 4.69) is 76.6 Å². The Kier molecular flexibility index (Phi) is 12.0. The zero-order chi connectivity index (χ0) is 78.4. The zero-order valence-electron chi connectivity index (χ0n) is 67.3. The van der Waals surface area contributed by atoms with E-state index in [1.165, 1.54) is 0 Å². The molecule has 0 saturated heterocycles. The summed E-state index contributed by atoms with van der Waals surface area (Å²) in [6.07, 6.45) is 0. The van der Waals surface area contributed by atoms with Gasteiger partial charge in [0.1, 0.15) is 0 Å². The second-order valence-electron chi connectivity index (χ2n) is 23.3. The van der Waals surface area contributed by atoms with Crippen LogP contribution in [0.15, 0.2) is 368 Å². The maximum absolute atomic E-state index is 9.44. The van der Waals surface area contributed by atoms with E-state index in [1.54, 1.807) is 0 Å². The molecule has 0 aliphatic carbocycles. The van der Waals surface area contributed by atoms with E-state index in [9.17, 15) is 15.5 Å². The van der Waals surface area contributed by atoms with Gasteiger partial charge in [-0.25, -0.2) is 0 Å². The predicted molar refractivity (Wildman–Crippen MR) is 415 cm³/mol. The number of halogens is 1. The van der Waals surface area contributed by atoms with Crippen LogP contribution in [-0.2, 0) is 0 Å². The molecular formula is C92H62BBrO2. The lowest BCUT2D eigenvalue weighted by Gasteiger charge is -2.19. The smallest absolute Gasteiger partial charge is 0.423 e. The van der Waals surface area contributed by atoms with Crippen LogP contribution < -0.4 is 5.46 Å². The second kappa shape index (κ2) is 26.1. The molecule has 0 amide bonds. The third-order valence-corrected chi connectivity index (χ3v) is 18.6. The second-order valence-corrected chi connectivity index (χ2v) is 24.1. The summed E-state index contributed by atoms with van der Waals surface area (Å²) in [5.41, 5.74) is 11.6. The standard InChI is InChI=1S/C46H30.C32H21Br.C14H11BO2/c1-2-12-31(13-3-1)32-22-24-33(25-23-32)34-26-28-35(29-27-34)45-40-18-8-10-20-42(40)46(43-21-11-9-19-41(43)45)44-30-36-14-4-5-15-37(36)38-16-6-7-17-39(38)44;33-32-29-12-6-4-10-27(29)31(28-11-5-7-13-30(28)32)26-20-18-25(19-21-26)24-16-14-23(15-17-24)22-8-2-1-3-9-22;16-15(17)14-9-10-5-1-2-6-11(10)12-7-3-4-8-13(12)14/h1-30H;1-21H;1-9,16-17H/i8D,9D,10D,11D,18D,19D,20D,21D;4D,5D,6D,7D,10D,11D,12D,13D;. The Hall–Kier alpha value is -11.5. The van der Waals surface area contributed by atoms with Crippen molar-refractivity contribution in [3.05, 3.63) is 368 Å². The van der Waals surface area contributed by atoms with Gasteiger partial charge in [0.2, 0.25) is 0 Å². The number of hydrogen-bond donors (Lipinski definition) is 2. The Morgan fingerprint density at radius 3 is 0.865 bits per heavy atom. The van der Waals surface area contributed by atoms with Crippen LogP contribution in [-0.4, -0.2) is 17.2 Å². The van der Waals surface area contributed by atoms with Crippen LogP contribution in [0.25, 0.3) is 164 Å². The van der Waals surface area contributed by atoms with Gasteiger partial charge in [0.05, 0.1) is 21.9 Å². The van der Waals surface area contributed by atoms with Crippen molar-refractivity contribution in [2.24, 2.45) is 0 Å². The summed E-state index contributed by atoms with van der Waals surface area (Å²) in [7, 11) is -1.44. The molecule has 0 atom stereocenters. The quantitative estimate of drug-likeness (QED) is 0.0904. The van der Waals surface area contributed by atoms with E-state index < -0.39 is 55.5 Å². The average Bonchev–Trinajstić information content (AvgIpc) is 0.702. The van der Waals surface area contributed by atoms with Gasteiger partial charge in [-0.15, -0.1) is 0 Å². The molecule has 0 unspecified atom stereocenters. The Bertz CT molecular complexity index is 6730. The summed E-state index contributed by atoms with van der Waals surface area (Å²) < 4.78 is 141. The Balaban J connectivity index is 0.000000143. The molecule has 2 nitrogen and oxygen atoms in total. The number of hydrogen-bond acceptors (Lipinski definition) is 2. The molecule has 18 aromatic carbocycles. The molecule has 0 aliphatic rings. The van der Waals surface area contributed by atoms with E-state index in [0.29, 0.717) is 38.8 Å². The minimum atomic E-state index is -1.44. The lowest BCUT2D eigenvalue weighted by atomic mass is 9.76. The van der Waals surface area contributed by atoms with Crippen molar-refractivity contribution in [1.29, 1.82) is 0 Å². The van der Waals surface area contributed by atoms with E-state index in [-0.39, 0.29) is 95.9 Å². The molecule has 0 saturated carbocycles. The van der Waals surface area contributed by atoms with Crippen LogP contribution >= 0.6 is 15.9 Å². The summed E-state index contributed by atoms with van der Waals surface area (Å²) in [6, 6.07) is 81.4. The van der Waals surface area contributed by atoms with Gasteiger partial charge in [0.25, 0.3) is 0 Å². The van der Waals surface area contributed by atoms with Crippen LogP contribution in [0.5, 0.6) is 0 Å². The predicted octanol–water partition coefficient (Wildman–Crippen LogP) is 24.4. The van der Waals surface area contributed by atoms with Crippen LogP contribution in [0.3, 0.4) is 0 Å². The van der Waals surface area contributed by atoms with Crippen molar-refractivity contribution in [3.8, 4) is 77.9 Å². The Labute approximate surface area is 589 Å². The van der Waals surface area contributed by atoms with Gasteiger partial charge in [-0.3, -0.25) is 0 Å². The number of fused-ring (bicyclic) bond motifs is 10. The molecule has 0 fully saturated rings. The molecule has 0 spiro atoms. The van der Waals surface area contributed by atoms with Crippen molar-refractivity contribution in [2.75, 3.05) is 0 Å². The fourth-order valence-corrected chi connectivity index (χ4v) is 13.8. The van der Waals surface area contributed by atoms with Gasteiger partial charge in [-0.1, -0.05) is 358 Å². The highest BCUT2D eigenvalue weighted by molar-refractivity contribution is 9.10. The Morgan fingerprint density at radius 1 is 0.229 bits per heavy atom. The van der Waals surface area contributed by atoms with Gasteiger partial charge in [0.15, 0.2) is 0 Å². The fourth-order valence-electron chi connectivity index (χ4n) is 13.2. The molecule has 18 rings (SSSR count). The summed E-state index contributed by atoms with van der Waals surface area (Å²) in [6.45, 7) is 0. The summed E-state index contributed by atoms with van der Waals surface area (Å²) in [5.74, 6) is 0. The maximum Gasteiger partial charge on any atom is 0.489 e. The molecule has 452 valence electrons. The van der Waals surface area contributed by atoms with Gasteiger partial charge < -0.3 is 10.0 Å². The topological polar surface area (TPSA) is 40.5 Å². The molecule has 0 aromatic heterocycles. The van der Waals surface area contributed by atoms with Crippen molar-refractivity contribution in [1.82, 2.24) is 0 Å². The zero-order valence-corrected chi connectivity index (χ0v) is 52.8. The Morgan fingerprint density at radius 2 is 0.490 bits per heavy atom. The highest BCUT2D eigenvalue weighted by Gasteiger charge is 2.21. The van der Waals surface area contributed by atoms with Crippen LogP contribution in [0.4, 0.5) is 0 Å². The third-order valence-electron chi connectivity index (χ3n) is 17.8. The van der Waals surface area contributed by atoms with E-state index >= 15 is 0 Å². The molecule has 0 aliphatic heterocycles. The first kappa shape index (κ1) is 44.2. The van der Waals surface area contributed by atoms with Gasteiger partial charge >= 0.3 is 7.12 Å². The normalized spacial score (nSPS) is 13.6. The van der Waals surface area contributed by atoms with Gasteiger partial charge in [-0.05, 0) is 192 Å². The molecule has 96 heavy (non-hydrogen) atoms. The van der Waals surface area contributed by atoms with Crippen LogP contribution in [0.2, 0.25) is 0 Å². The molecular weight excluding hydrogens is 1230 g/mol. The molecule has 2 N–H and O–H groups in total. The molecule has 4 heteroatoms. The number of rotatable bonds is 8. The van der Waals surface area contributed by atoms with E-state index in [0.717, 1.165) is 87.6 Å². The van der Waals surface area contributed by atoms with Crippen molar-refractivity contribution < 1.29 is 32.0 Å². The highest BCUT2D eigenvalue weighted by atomic mass is 79.9. The van der Waals surface area contributed by atoms with Crippen LogP contribution in [0.1, 0.15) is 21.9 Å². The molecule has 0 radical (unpaired) electrons. The fraction of sp³-hybridized carbons (Fsp3) is 0. The van der Waals surface area contributed by atoms with E-state index in [1.807, 2.05) is 206 Å². The first-order valence-electron chi connectivity index (χ1n) is 39.3. The molecule has 0 bridgehead atoms. The minimum absolute atomic E-state index is 0.170. The van der Waals surface area contributed by atoms with Crippen molar-refractivity contribution in [3.63, 3.8) is 0 Å². The first-order chi connectivity index (χ1) is 54.0. The average molecular weight is 1310 g/mol. The van der Waals surface area contributed by atoms with Crippen LogP contribution in [0, 0.1) is 0 Å². The summed E-state index contributed by atoms with van der Waals surface area (Å²) in [4.78, 5) is 0. The first-order valence-corrected chi connectivity index (χ1v) is 32.1. The lowest BCUT2D eigenvalue weighted by molar-refractivity contribution is 0.426. The minimum Gasteiger partial charge on any atom is -0.423 e. The summed E-state index contributed by atoms with van der Waals surface area (Å²) in [5, 5.41) is 28.1. The summed E-state index contributed by atoms with van der Waals surface area (Å²) >= 11 is 3.45.